The highest BCUT2D eigenvalue weighted by Gasteiger charge is 2.30. The maximum Gasteiger partial charge on any atom is 0.328 e. The molecule has 1 aliphatic heterocycles. The molecule has 2 N–H and O–H groups in total. The van der Waals surface area contributed by atoms with E-state index in [1.807, 2.05) is 37.5 Å². The zero-order chi connectivity index (χ0) is 37.7. The molecule has 8 rings (SSSR count). The summed E-state index contributed by atoms with van der Waals surface area (Å²) in [5, 5.41) is 7.79. The smallest absolute Gasteiger partial charge is 0.328 e. The van der Waals surface area contributed by atoms with Gasteiger partial charge in [-0.05, 0) is 70.8 Å². The molecular formula is C42H35N7O5. The molecule has 0 spiro atoms. The Morgan fingerprint density at radius 3 is 2.59 bits per heavy atom. The minimum Gasteiger partial charge on any atom is -0.446 e. The Kier molecular flexibility index (Phi) is 8.62. The topological polar surface area (TPSA) is 154 Å². The highest BCUT2D eigenvalue weighted by atomic mass is 16.3. The van der Waals surface area contributed by atoms with Crippen molar-refractivity contribution >= 4 is 50.6 Å². The molecular weight excluding hydrogens is 683 g/mol. The Hall–Kier alpha value is -6.87. The van der Waals surface area contributed by atoms with Gasteiger partial charge in [0.1, 0.15) is 5.69 Å². The van der Waals surface area contributed by atoms with Gasteiger partial charge in [-0.25, -0.2) is 9.78 Å². The lowest BCUT2D eigenvalue weighted by molar-refractivity contribution is -0.134. The van der Waals surface area contributed by atoms with E-state index in [0.29, 0.717) is 28.6 Å². The predicted octanol–water partition coefficient (Wildman–Crippen LogP) is 5.72. The summed E-state index contributed by atoms with van der Waals surface area (Å²) in [5.41, 5.74) is 8.29. The number of carbonyl (C=O) groups excluding carboxylic acids is 3. The van der Waals surface area contributed by atoms with E-state index < -0.39 is 5.92 Å². The largest absolute Gasteiger partial charge is 0.446 e. The van der Waals surface area contributed by atoms with Gasteiger partial charge >= 0.3 is 5.69 Å². The summed E-state index contributed by atoms with van der Waals surface area (Å²) >= 11 is 0. The van der Waals surface area contributed by atoms with Gasteiger partial charge in [-0.3, -0.25) is 38.8 Å². The van der Waals surface area contributed by atoms with E-state index in [-0.39, 0.29) is 48.0 Å². The maximum absolute atomic E-state index is 12.9. The zero-order valence-electron chi connectivity index (χ0n) is 30.1. The van der Waals surface area contributed by atoms with Crippen molar-refractivity contribution in [3.8, 4) is 34.2 Å². The van der Waals surface area contributed by atoms with Crippen molar-refractivity contribution in [2.45, 2.75) is 38.5 Å². The van der Waals surface area contributed by atoms with E-state index in [0.717, 1.165) is 49.8 Å². The van der Waals surface area contributed by atoms with Crippen molar-refractivity contribution in [1.29, 1.82) is 0 Å². The fraction of sp³-hybridized carbons (Fsp3) is 0.214. The van der Waals surface area contributed by atoms with E-state index >= 15 is 0 Å². The number of benzene rings is 2. The summed E-state index contributed by atoms with van der Waals surface area (Å²) in [5.74, 6) is 4.64. The molecule has 5 aromatic heterocycles. The molecule has 0 radical (unpaired) electrons. The molecule has 12 nitrogen and oxygen atoms in total. The molecule has 3 amide bonds. The van der Waals surface area contributed by atoms with Crippen LogP contribution in [0.2, 0.25) is 0 Å². The van der Waals surface area contributed by atoms with Crippen LogP contribution in [-0.2, 0) is 23.7 Å². The monoisotopic (exact) mass is 717 g/mol. The van der Waals surface area contributed by atoms with Crippen molar-refractivity contribution in [3.05, 3.63) is 112 Å². The SMILES string of the molecule is CC(C)c1cc(-c2cccc3cc(-c4ccc(C(=O)NCC#Cc5cnc6occ(C7CCC(=O)NC7=O)c6c5)nc4)ncc23)cc2c1n(C)c(=O)n2C. The van der Waals surface area contributed by atoms with Crippen molar-refractivity contribution in [2.75, 3.05) is 6.54 Å². The average molecular weight is 718 g/mol. The number of piperidine rings is 1. The van der Waals surface area contributed by atoms with Crippen LogP contribution in [0.15, 0.2) is 88.7 Å². The van der Waals surface area contributed by atoms with Crippen LogP contribution in [0.1, 0.15) is 65.7 Å². The third-order valence-electron chi connectivity index (χ3n) is 10.0. The van der Waals surface area contributed by atoms with Gasteiger partial charge in [0.05, 0.1) is 35.5 Å². The van der Waals surface area contributed by atoms with Gasteiger partial charge < -0.3 is 9.73 Å². The van der Waals surface area contributed by atoms with Crippen LogP contribution in [0.5, 0.6) is 0 Å². The molecule has 7 aromatic rings. The number of furan rings is 1. The standard InChI is InChI=1S/C42H35N7O5/c1-23(2)30-16-27(18-36-38(30)49(4)42(53)48(36)3)28-9-5-8-25-17-35(45-21-32(25)28)26-10-12-34(44-20-26)40(52)43-14-6-7-24-15-31-33(22-54-41(31)46-19-24)29-11-13-37(50)47-39(29)51/h5,8-10,12,15-23,29H,11,13-14H2,1-4H3,(H,43,52)(H,47,50,51). The minimum absolute atomic E-state index is 0.0544. The second-order valence-corrected chi connectivity index (χ2v) is 13.8. The summed E-state index contributed by atoms with van der Waals surface area (Å²) in [6, 6.07) is 17.6. The van der Waals surface area contributed by atoms with Crippen LogP contribution in [0.3, 0.4) is 0 Å². The Morgan fingerprint density at radius 1 is 0.963 bits per heavy atom. The number of nitrogens with one attached hydrogen (secondary N) is 2. The molecule has 2 aromatic carbocycles. The first-order valence-corrected chi connectivity index (χ1v) is 17.6. The van der Waals surface area contributed by atoms with E-state index in [9.17, 15) is 19.2 Å². The number of pyridine rings is 3. The average Bonchev–Trinajstić information content (AvgIpc) is 3.69. The molecule has 1 fully saturated rings. The number of aryl methyl sites for hydroxylation is 2. The van der Waals surface area contributed by atoms with E-state index in [1.165, 1.54) is 6.26 Å². The second-order valence-electron chi connectivity index (χ2n) is 13.8. The number of carbonyl (C=O) groups is 3. The number of rotatable bonds is 6. The quantitative estimate of drug-likeness (QED) is 0.164. The number of imide groups is 1. The van der Waals surface area contributed by atoms with Crippen LogP contribution in [0.4, 0.5) is 0 Å². The minimum atomic E-state index is -0.504. The molecule has 6 heterocycles. The lowest BCUT2D eigenvalue weighted by Gasteiger charge is -2.19. The Labute approximate surface area is 309 Å². The molecule has 1 atom stereocenters. The van der Waals surface area contributed by atoms with E-state index in [4.69, 9.17) is 9.40 Å². The molecule has 54 heavy (non-hydrogen) atoms. The van der Waals surface area contributed by atoms with Crippen LogP contribution in [0, 0.1) is 11.8 Å². The lowest BCUT2D eigenvalue weighted by Crippen LogP contribution is -2.39. The van der Waals surface area contributed by atoms with E-state index in [2.05, 4.69) is 64.5 Å². The summed E-state index contributed by atoms with van der Waals surface area (Å²) in [4.78, 5) is 63.2. The normalized spacial score (nSPS) is 14.4. The summed E-state index contributed by atoms with van der Waals surface area (Å²) in [6.45, 7) is 4.35. The van der Waals surface area contributed by atoms with Crippen LogP contribution < -0.4 is 16.3 Å². The van der Waals surface area contributed by atoms with Gasteiger partial charge in [0.15, 0.2) is 0 Å². The van der Waals surface area contributed by atoms with Crippen molar-refractivity contribution < 1.29 is 18.8 Å². The molecule has 12 heteroatoms. The molecule has 0 saturated carbocycles. The molecule has 1 saturated heterocycles. The molecule has 1 unspecified atom stereocenters. The first-order valence-electron chi connectivity index (χ1n) is 17.6. The van der Waals surface area contributed by atoms with Gasteiger partial charge in [0.2, 0.25) is 17.5 Å². The number of nitrogens with zero attached hydrogens (tertiary/aromatic N) is 5. The highest BCUT2D eigenvalue weighted by Crippen LogP contribution is 2.36. The van der Waals surface area contributed by atoms with Crippen LogP contribution in [0.25, 0.3) is 55.3 Å². The van der Waals surface area contributed by atoms with Gasteiger partial charge in [-0.1, -0.05) is 43.9 Å². The third-order valence-corrected chi connectivity index (χ3v) is 10.0. The Balaban J connectivity index is 0.968. The number of aromatic nitrogens is 5. The number of hydrogen-bond donors (Lipinski definition) is 2. The van der Waals surface area contributed by atoms with Crippen molar-refractivity contribution in [3.63, 3.8) is 0 Å². The van der Waals surface area contributed by atoms with Crippen LogP contribution >= 0.6 is 0 Å². The first-order chi connectivity index (χ1) is 26.1. The zero-order valence-corrected chi connectivity index (χ0v) is 30.1. The summed E-state index contributed by atoms with van der Waals surface area (Å²) in [6.07, 6.45) is 7.20. The van der Waals surface area contributed by atoms with E-state index in [1.54, 1.807) is 40.7 Å². The third kappa shape index (κ3) is 6.09. The number of hydrogen-bond acceptors (Lipinski definition) is 8. The second kappa shape index (κ2) is 13.6. The fourth-order valence-corrected chi connectivity index (χ4v) is 7.17. The molecule has 0 aliphatic carbocycles. The van der Waals surface area contributed by atoms with Crippen molar-refractivity contribution in [2.24, 2.45) is 14.1 Å². The lowest BCUT2D eigenvalue weighted by atomic mass is 9.90. The number of imidazole rings is 1. The van der Waals surface area contributed by atoms with Gasteiger partial charge in [-0.2, -0.15) is 0 Å². The molecule has 1 aliphatic rings. The number of fused-ring (bicyclic) bond motifs is 3. The Bertz CT molecular complexity index is 2800. The summed E-state index contributed by atoms with van der Waals surface area (Å²) in [7, 11) is 3.62. The Morgan fingerprint density at radius 2 is 1.81 bits per heavy atom. The summed E-state index contributed by atoms with van der Waals surface area (Å²) < 4.78 is 8.95. The maximum atomic E-state index is 12.9. The first kappa shape index (κ1) is 34.2. The molecule has 0 bridgehead atoms. The van der Waals surface area contributed by atoms with Gasteiger partial charge in [-0.15, -0.1) is 0 Å². The van der Waals surface area contributed by atoms with Crippen LogP contribution in [-0.4, -0.2) is 48.4 Å². The molecule has 268 valence electrons. The predicted molar refractivity (Wildman–Crippen MR) is 205 cm³/mol. The fourth-order valence-electron chi connectivity index (χ4n) is 7.17. The van der Waals surface area contributed by atoms with Gasteiger partial charge in [0.25, 0.3) is 5.91 Å². The highest BCUT2D eigenvalue weighted by molar-refractivity contribution is 6.03. The number of amides is 3. The van der Waals surface area contributed by atoms with Crippen molar-refractivity contribution in [1.82, 2.24) is 34.7 Å². The van der Waals surface area contributed by atoms with Gasteiger partial charge in [0, 0.05) is 66.6 Å².